The maximum absolute atomic E-state index is 12.6. The van der Waals surface area contributed by atoms with Gasteiger partial charge in [-0.15, -0.1) is 18.9 Å². The molecule has 0 spiro atoms. The van der Waals surface area contributed by atoms with Crippen LogP contribution in [0.2, 0.25) is 5.02 Å². The Kier molecular flexibility index (Phi) is 7.98. The van der Waals surface area contributed by atoms with Crippen LogP contribution in [0.3, 0.4) is 0 Å². The molecule has 3 rings (SSSR count). The van der Waals surface area contributed by atoms with Crippen LogP contribution in [0.15, 0.2) is 35.4 Å². The molecule has 0 saturated carbocycles. The molecule has 0 radical (unpaired) electrons. The van der Waals surface area contributed by atoms with E-state index in [-0.39, 0.29) is 92.3 Å². The molecule has 1 aromatic carbocycles. The third kappa shape index (κ3) is 6.29. The summed E-state index contributed by atoms with van der Waals surface area (Å²) in [6.07, 6.45) is -3.43. The van der Waals surface area contributed by atoms with Crippen LogP contribution in [0.5, 0.6) is 11.6 Å². The molecule has 7 nitrogen and oxygen atoms in total. The molecule has 0 bridgehead atoms. The van der Waals surface area contributed by atoms with Gasteiger partial charge >= 0.3 is 57.7 Å². The van der Waals surface area contributed by atoms with Gasteiger partial charge in [0.2, 0.25) is 5.88 Å². The predicted molar refractivity (Wildman–Crippen MR) is 91.6 cm³/mol. The Morgan fingerprint density at radius 1 is 1.24 bits per heavy atom. The number of halogens is 4. The number of alkyl halides is 3. The molecule has 0 saturated heterocycles. The van der Waals surface area contributed by atoms with Gasteiger partial charge in [-0.25, -0.2) is 13.4 Å². The number of sulfonamides is 1. The number of fused-ring (bicyclic) bond motifs is 1. The number of ether oxygens (including phenoxy) is 2. The number of aromatic nitrogens is 1. The number of carbonyl (C=O) groups excluding carboxylic acids is 1. The number of pyridine rings is 1. The molecule has 0 atom stereocenters. The molecule has 150 valence electrons. The number of hydrogen-bond donors (Lipinski definition) is 0. The van der Waals surface area contributed by atoms with E-state index in [0.717, 1.165) is 30.5 Å². The average molecular weight is 475 g/mol. The Bertz CT molecular complexity index is 1030. The van der Waals surface area contributed by atoms with Gasteiger partial charge in [0.05, 0.1) is 17.1 Å². The van der Waals surface area contributed by atoms with Gasteiger partial charge in [-0.3, -0.25) is 4.79 Å². The molecule has 0 N–H and O–H groups in total. The summed E-state index contributed by atoms with van der Waals surface area (Å²) in [5.74, 6) is -1.25. The second-order valence-corrected chi connectivity index (χ2v) is 7.64. The summed E-state index contributed by atoms with van der Waals surface area (Å²) in [5.41, 5.74) is -0.206. The Morgan fingerprint density at radius 2 is 1.97 bits per heavy atom. The zero-order valence-electron chi connectivity index (χ0n) is 14.9. The first-order valence-corrected chi connectivity index (χ1v) is 9.56. The van der Waals surface area contributed by atoms with Crippen molar-refractivity contribution in [2.24, 2.45) is 0 Å². The zero-order chi connectivity index (χ0) is 20.5. The van der Waals surface area contributed by atoms with Gasteiger partial charge in [-0.2, -0.15) is 0 Å². The quantitative estimate of drug-likeness (QED) is 0.621. The van der Waals surface area contributed by atoms with E-state index in [1.54, 1.807) is 0 Å². The second kappa shape index (κ2) is 9.50. The smallest absolute Gasteiger partial charge is 0.571 e. The van der Waals surface area contributed by atoms with E-state index < -0.39 is 27.0 Å². The normalized spacial score (nSPS) is 14.1. The van der Waals surface area contributed by atoms with E-state index in [9.17, 15) is 26.4 Å². The predicted octanol–water partition coefficient (Wildman–Crippen LogP) is 1.39. The van der Waals surface area contributed by atoms with Crippen molar-refractivity contribution in [3.63, 3.8) is 0 Å². The molecule has 1 aromatic heterocycles. The Labute approximate surface area is 211 Å². The minimum atomic E-state index is -5.12. The Morgan fingerprint density at radius 3 is 2.66 bits per heavy atom. The van der Waals surface area contributed by atoms with Crippen LogP contribution >= 0.6 is 11.6 Å². The van der Waals surface area contributed by atoms with E-state index in [2.05, 4.69) is 14.4 Å². The number of nitrogens with zero attached hydrogens (tertiary/aromatic N) is 2. The molecule has 29 heavy (non-hydrogen) atoms. The molecule has 0 aliphatic carbocycles. The first kappa shape index (κ1) is 24.4. The molecule has 0 amide bonds. The van der Waals surface area contributed by atoms with Crippen molar-refractivity contribution in [2.75, 3.05) is 6.61 Å². The van der Waals surface area contributed by atoms with Crippen LogP contribution in [0, 0.1) is 0 Å². The van der Waals surface area contributed by atoms with Gasteiger partial charge in [0.25, 0.3) is 0 Å². The van der Waals surface area contributed by atoms with Crippen molar-refractivity contribution in [2.45, 2.75) is 24.1 Å². The SMILES string of the molecule is O=C1CCCOc2ncc([N-]S(=O)(=O)c3cc(Cl)ccc3OC(F)(F)F)cc21.[K+]. The maximum atomic E-state index is 12.6. The van der Waals surface area contributed by atoms with Crippen molar-refractivity contribution >= 4 is 33.1 Å². The fourth-order valence-electron chi connectivity index (χ4n) is 2.42. The molecule has 2 heterocycles. The summed E-state index contributed by atoms with van der Waals surface area (Å²) in [4.78, 5) is 15.1. The van der Waals surface area contributed by atoms with Gasteiger partial charge in [0.15, 0.2) is 5.78 Å². The summed E-state index contributed by atoms with van der Waals surface area (Å²) in [5, 5.41) is -0.132. The van der Waals surface area contributed by atoms with Gasteiger partial charge in [-0.05, 0) is 24.6 Å². The molecular formula is C16H11ClF3KN2O5S. The minimum absolute atomic E-state index is 0. The van der Waals surface area contributed by atoms with Crippen LogP contribution in [-0.4, -0.2) is 32.2 Å². The fraction of sp³-hybridized carbons (Fsp3) is 0.250. The van der Waals surface area contributed by atoms with Crippen molar-refractivity contribution < 1.29 is 87.2 Å². The average Bonchev–Trinajstić information content (AvgIpc) is 2.77. The maximum Gasteiger partial charge on any atom is 1.00 e. The van der Waals surface area contributed by atoms with E-state index >= 15 is 0 Å². The molecule has 13 heteroatoms. The summed E-state index contributed by atoms with van der Waals surface area (Å²) in [6.45, 7) is 0.279. The molecule has 0 unspecified atom stereocenters. The molecular weight excluding hydrogens is 464 g/mol. The number of rotatable bonds is 4. The molecule has 2 aromatic rings. The van der Waals surface area contributed by atoms with Gasteiger partial charge in [0, 0.05) is 17.6 Å². The third-order valence-electron chi connectivity index (χ3n) is 3.56. The second-order valence-electron chi connectivity index (χ2n) is 5.63. The van der Waals surface area contributed by atoms with Crippen LogP contribution in [0.4, 0.5) is 18.9 Å². The van der Waals surface area contributed by atoms with Crippen LogP contribution < -0.4 is 60.9 Å². The van der Waals surface area contributed by atoms with Crippen molar-refractivity contribution in [1.29, 1.82) is 0 Å². The van der Waals surface area contributed by atoms with E-state index in [4.69, 9.17) is 16.3 Å². The standard InChI is InChI=1S/C16H11ClF3N2O5S.K/c17-9-3-4-13(27-16(18,19)20)14(6-9)28(24,25)22-10-7-11-12(23)2-1-5-26-15(11)21-8-10;/h3-4,6-8H,1-2,5H2;/q-1;+1. The van der Waals surface area contributed by atoms with E-state index in [1.807, 2.05) is 0 Å². The van der Waals surface area contributed by atoms with Crippen molar-refractivity contribution in [3.8, 4) is 11.6 Å². The Balaban J connectivity index is 0.00000300. The Hall–Kier alpha value is -0.894. The van der Waals surface area contributed by atoms with Crippen LogP contribution in [-0.2, 0) is 10.0 Å². The summed E-state index contributed by atoms with van der Waals surface area (Å²) >= 11 is 5.71. The fourth-order valence-corrected chi connectivity index (χ4v) is 3.77. The number of carbonyl (C=O) groups is 1. The largest absolute Gasteiger partial charge is 1.00 e. The number of hydrogen-bond acceptors (Lipinski definition) is 6. The summed E-state index contributed by atoms with van der Waals surface area (Å²) < 4.78 is 75.3. The van der Waals surface area contributed by atoms with Gasteiger partial charge in [-0.1, -0.05) is 17.7 Å². The number of Topliss-reactive ketones (excluding diaryl/α,β-unsaturated/α-hetero) is 1. The zero-order valence-corrected chi connectivity index (χ0v) is 19.6. The summed E-state index contributed by atoms with van der Waals surface area (Å²) in [7, 11) is -4.67. The van der Waals surface area contributed by atoms with E-state index in [0.29, 0.717) is 6.42 Å². The van der Waals surface area contributed by atoms with Crippen LogP contribution in [0.1, 0.15) is 23.2 Å². The minimum Gasteiger partial charge on any atom is -0.571 e. The van der Waals surface area contributed by atoms with Gasteiger partial charge in [0.1, 0.15) is 15.8 Å². The summed E-state index contributed by atoms with van der Waals surface area (Å²) in [6, 6.07) is 3.75. The number of ketones is 1. The first-order valence-electron chi connectivity index (χ1n) is 7.74. The monoisotopic (exact) mass is 474 g/mol. The van der Waals surface area contributed by atoms with Crippen molar-refractivity contribution in [1.82, 2.24) is 4.98 Å². The first-order chi connectivity index (χ1) is 13.0. The van der Waals surface area contributed by atoms with Gasteiger partial charge < -0.3 is 14.2 Å². The van der Waals surface area contributed by atoms with Crippen molar-refractivity contribution in [3.05, 3.63) is 45.8 Å². The van der Waals surface area contributed by atoms with Crippen LogP contribution in [0.25, 0.3) is 4.72 Å². The molecule has 1 aliphatic rings. The topological polar surface area (TPSA) is 96.7 Å². The molecule has 0 fully saturated rings. The number of benzene rings is 1. The van der Waals surface area contributed by atoms with E-state index in [1.165, 1.54) is 0 Å². The third-order valence-corrected chi connectivity index (χ3v) is 5.12. The molecule has 1 aliphatic heterocycles.